The normalized spacial score (nSPS) is 16.5. The van der Waals surface area contributed by atoms with Crippen LogP contribution >= 0.6 is 0 Å². The van der Waals surface area contributed by atoms with Crippen LogP contribution in [0.25, 0.3) is 0 Å². The Hall–Kier alpha value is -1.59. The van der Waals surface area contributed by atoms with Crippen LogP contribution in [0.15, 0.2) is 24.3 Å². The summed E-state index contributed by atoms with van der Waals surface area (Å²) >= 11 is 0. The number of carbonyl (C=O) groups excluding carboxylic acids is 1. The molecule has 1 aliphatic rings. The van der Waals surface area contributed by atoms with Gasteiger partial charge in [0.15, 0.2) is 0 Å². The molecular formula is C19H29NO4. The molecule has 1 atom stereocenters. The summed E-state index contributed by atoms with van der Waals surface area (Å²) in [6.45, 7) is 8.29. The van der Waals surface area contributed by atoms with Crippen LogP contribution in [0.3, 0.4) is 0 Å². The molecule has 5 nitrogen and oxygen atoms in total. The topological polar surface area (TPSA) is 56.8 Å². The lowest BCUT2D eigenvalue weighted by atomic mass is 9.98. The quantitative estimate of drug-likeness (QED) is 0.627. The molecule has 0 unspecified atom stereocenters. The number of nitrogens with one attached hydrogen (secondary N) is 1. The van der Waals surface area contributed by atoms with Crippen LogP contribution in [0.5, 0.6) is 5.75 Å². The first kappa shape index (κ1) is 18.7. The van der Waals surface area contributed by atoms with Gasteiger partial charge in [0.05, 0.1) is 6.61 Å². The molecule has 24 heavy (non-hydrogen) atoms. The van der Waals surface area contributed by atoms with Crippen molar-refractivity contribution in [1.82, 2.24) is 0 Å². The van der Waals surface area contributed by atoms with Gasteiger partial charge in [-0.3, -0.25) is 4.79 Å². The molecule has 0 bridgehead atoms. The number of hydrogen-bond donors (Lipinski definition) is 1. The third-order valence-corrected chi connectivity index (χ3v) is 4.23. The fraction of sp³-hybridized carbons (Fsp3) is 0.632. The van der Waals surface area contributed by atoms with Crippen LogP contribution in [0.2, 0.25) is 0 Å². The van der Waals surface area contributed by atoms with E-state index in [-0.39, 0.29) is 5.91 Å². The van der Waals surface area contributed by atoms with Gasteiger partial charge >= 0.3 is 0 Å². The zero-order valence-corrected chi connectivity index (χ0v) is 15.0. The molecule has 0 aliphatic heterocycles. The van der Waals surface area contributed by atoms with E-state index >= 15 is 0 Å². The highest BCUT2D eigenvalue weighted by Gasteiger charge is 2.48. The zero-order chi connectivity index (χ0) is 17.4. The molecule has 1 aromatic rings. The number of rotatable bonds is 11. The second kappa shape index (κ2) is 9.04. The number of hydrogen-bond acceptors (Lipinski definition) is 4. The van der Waals surface area contributed by atoms with Crippen LogP contribution in [-0.4, -0.2) is 37.9 Å². The van der Waals surface area contributed by atoms with Crippen molar-refractivity contribution in [1.29, 1.82) is 0 Å². The minimum Gasteiger partial charge on any atom is -0.491 e. The smallest absolute Gasteiger partial charge is 0.256 e. The Bertz CT molecular complexity index is 513. The van der Waals surface area contributed by atoms with Gasteiger partial charge in [-0.25, -0.2) is 0 Å². The standard InChI is InChI=1S/C19H29NO4/c1-4-12-24-19(3,15-6-7-15)18(21)20-16-8-10-17(11-9-16)23-14-13-22-5-2/h8-11,15H,4-7,12-14H2,1-3H3,(H,20,21)/t19-/m1/s1. The average molecular weight is 335 g/mol. The van der Waals surface area contributed by atoms with E-state index in [1.165, 1.54) is 0 Å². The molecule has 1 aliphatic carbocycles. The molecule has 0 radical (unpaired) electrons. The third-order valence-electron chi connectivity index (χ3n) is 4.23. The van der Waals surface area contributed by atoms with Gasteiger partial charge in [-0.1, -0.05) is 6.92 Å². The monoisotopic (exact) mass is 335 g/mol. The lowest BCUT2D eigenvalue weighted by molar-refractivity contribution is -0.142. The van der Waals surface area contributed by atoms with E-state index in [2.05, 4.69) is 12.2 Å². The van der Waals surface area contributed by atoms with E-state index in [1.54, 1.807) is 0 Å². The molecule has 0 aromatic heterocycles. The molecule has 0 spiro atoms. The van der Waals surface area contributed by atoms with Crippen LogP contribution in [-0.2, 0) is 14.3 Å². The number of ether oxygens (including phenoxy) is 3. The molecule has 1 N–H and O–H groups in total. The van der Waals surface area contributed by atoms with Crippen molar-refractivity contribution in [3.8, 4) is 5.75 Å². The fourth-order valence-corrected chi connectivity index (χ4v) is 2.57. The maximum Gasteiger partial charge on any atom is 0.256 e. The molecular weight excluding hydrogens is 306 g/mol. The van der Waals surface area contributed by atoms with E-state index in [1.807, 2.05) is 38.1 Å². The third kappa shape index (κ3) is 5.21. The van der Waals surface area contributed by atoms with Gasteiger partial charge in [-0.05, 0) is 63.3 Å². The van der Waals surface area contributed by atoms with Crippen LogP contribution in [0.4, 0.5) is 5.69 Å². The molecule has 1 amide bonds. The zero-order valence-electron chi connectivity index (χ0n) is 15.0. The maximum atomic E-state index is 12.7. The van der Waals surface area contributed by atoms with Crippen molar-refractivity contribution in [2.75, 3.05) is 31.7 Å². The van der Waals surface area contributed by atoms with E-state index < -0.39 is 5.60 Å². The van der Waals surface area contributed by atoms with E-state index in [0.29, 0.717) is 32.3 Å². The van der Waals surface area contributed by atoms with Crippen molar-refractivity contribution in [2.24, 2.45) is 5.92 Å². The molecule has 5 heteroatoms. The van der Waals surface area contributed by atoms with Crippen molar-refractivity contribution in [2.45, 2.75) is 45.6 Å². The van der Waals surface area contributed by atoms with Crippen molar-refractivity contribution in [3.63, 3.8) is 0 Å². The fourth-order valence-electron chi connectivity index (χ4n) is 2.57. The van der Waals surface area contributed by atoms with Gasteiger partial charge in [0.25, 0.3) is 5.91 Å². The Balaban J connectivity index is 1.88. The highest BCUT2D eigenvalue weighted by molar-refractivity contribution is 5.97. The first-order valence-corrected chi connectivity index (χ1v) is 8.86. The molecule has 1 saturated carbocycles. The summed E-state index contributed by atoms with van der Waals surface area (Å²) in [5, 5.41) is 2.97. The van der Waals surface area contributed by atoms with Crippen molar-refractivity contribution < 1.29 is 19.0 Å². The molecule has 1 fully saturated rings. The molecule has 0 saturated heterocycles. The first-order valence-electron chi connectivity index (χ1n) is 8.86. The summed E-state index contributed by atoms with van der Waals surface area (Å²) in [6.07, 6.45) is 3.02. The molecule has 134 valence electrons. The Morgan fingerprint density at radius 3 is 2.46 bits per heavy atom. The summed E-state index contributed by atoms with van der Waals surface area (Å²) in [5.41, 5.74) is 0.0204. The summed E-state index contributed by atoms with van der Waals surface area (Å²) in [4.78, 5) is 12.7. The summed E-state index contributed by atoms with van der Waals surface area (Å²) in [5.74, 6) is 1.02. The summed E-state index contributed by atoms with van der Waals surface area (Å²) < 4.78 is 16.7. The number of amides is 1. The maximum absolute atomic E-state index is 12.7. The van der Waals surface area contributed by atoms with Crippen LogP contribution in [0.1, 0.15) is 40.0 Å². The largest absolute Gasteiger partial charge is 0.491 e. The van der Waals surface area contributed by atoms with Crippen LogP contribution < -0.4 is 10.1 Å². The molecule has 0 heterocycles. The van der Waals surface area contributed by atoms with Gasteiger partial charge < -0.3 is 19.5 Å². The second-order valence-corrected chi connectivity index (χ2v) is 6.25. The summed E-state index contributed by atoms with van der Waals surface area (Å²) in [7, 11) is 0. The predicted octanol–water partition coefficient (Wildman–Crippen LogP) is 3.64. The van der Waals surface area contributed by atoms with Gasteiger partial charge in [0, 0.05) is 18.9 Å². The summed E-state index contributed by atoms with van der Waals surface area (Å²) in [6, 6.07) is 7.40. The SMILES string of the molecule is CCCO[C@@](C)(C(=O)Nc1ccc(OCCOCC)cc1)C1CC1. The highest BCUT2D eigenvalue weighted by Crippen LogP contribution is 2.42. The highest BCUT2D eigenvalue weighted by atomic mass is 16.5. The van der Waals surface area contributed by atoms with Gasteiger partial charge in [0.2, 0.25) is 0 Å². The molecule has 2 rings (SSSR count). The lowest BCUT2D eigenvalue weighted by Crippen LogP contribution is -2.45. The van der Waals surface area contributed by atoms with E-state index in [9.17, 15) is 4.79 Å². The second-order valence-electron chi connectivity index (χ2n) is 6.25. The number of carbonyl (C=O) groups is 1. The van der Waals surface area contributed by atoms with Gasteiger partial charge in [-0.2, -0.15) is 0 Å². The Morgan fingerprint density at radius 1 is 1.17 bits per heavy atom. The Morgan fingerprint density at radius 2 is 1.88 bits per heavy atom. The minimum absolute atomic E-state index is 0.0662. The Kier molecular flexibility index (Phi) is 7.06. The van der Waals surface area contributed by atoms with Crippen LogP contribution in [0, 0.1) is 5.92 Å². The van der Waals surface area contributed by atoms with E-state index in [4.69, 9.17) is 14.2 Å². The van der Waals surface area contributed by atoms with Crippen molar-refractivity contribution in [3.05, 3.63) is 24.3 Å². The average Bonchev–Trinajstić information content (AvgIpc) is 3.43. The number of anilines is 1. The Labute approximate surface area is 144 Å². The van der Waals surface area contributed by atoms with Gasteiger partial charge in [-0.15, -0.1) is 0 Å². The molecule has 1 aromatic carbocycles. The lowest BCUT2D eigenvalue weighted by Gasteiger charge is -2.28. The van der Waals surface area contributed by atoms with Gasteiger partial charge in [0.1, 0.15) is 18.0 Å². The first-order chi connectivity index (χ1) is 11.6. The van der Waals surface area contributed by atoms with E-state index in [0.717, 1.165) is 30.7 Å². The predicted molar refractivity (Wildman–Crippen MR) is 94.4 cm³/mol. The minimum atomic E-state index is -0.733. The number of benzene rings is 1. The van der Waals surface area contributed by atoms with Crippen molar-refractivity contribution >= 4 is 11.6 Å².